The molecule has 1 amide bonds. The molecule has 2 heterocycles. The molecule has 1 N–H and O–H groups in total. The van der Waals surface area contributed by atoms with Crippen LogP contribution in [0.15, 0.2) is 37.0 Å². The van der Waals surface area contributed by atoms with Crippen LogP contribution in [0.1, 0.15) is 38.8 Å². The minimum atomic E-state index is -0.497. The molecule has 1 fully saturated rings. The van der Waals surface area contributed by atoms with Gasteiger partial charge in [-0.1, -0.05) is 18.7 Å². The summed E-state index contributed by atoms with van der Waals surface area (Å²) in [5.41, 5.74) is 2.35. The number of nitrogens with zero attached hydrogens (tertiary/aromatic N) is 3. The first-order valence-corrected chi connectivity index (χ1v) is 11.7. The van der Waals surface area contributed by atoms with Gasteiger partial charge in [-0.2, -0.15) is 0 Å². The molecule has 0 spiro atoms. The molecule has 8 heteroatoms. The maximum Gasteiger partial charge on any atom is 0.410 e. The van der Waals surface area contributed by atoms with Crippen LogP contribution >= 0.6 is 0 Å². The van der Waals surface area contributed by atoms with E-state index in [9.17, 15) is 4.79 Å². The van der Waals surface area contributed by atoms with Crippen molar-refractivity contribution in [3.8, 4) is 11.5 Å². The average Bonchev–Trinajstić information content (AvgIpc) is 2.82. The lowest BCUT2D eigenvalue weighted by atomic mass is 10.1. The zero-order valence-electron chi connectivity index (χ0n) is 20.9. The number of nitrogens with one attached hydrogen (secondary N) is 1. The van der Waals surface area contributed by atoms with Crippen LogP contribution in [0.5, 0.6) is 11.5 Å². The summed E-state index contributed by atoms with van der Waals surface area (Å²) in [4.78, 5) is 20.8. The highest BCUT2D eigenvalue weighted by atomic mass is 16.6. The molecule has 1 aliphatic rings. The largest absolute Gasteiger partial charge is 0.455 e. The van der Waals surface area contributed by atoms with Gasteiger partial charge in [-0.05, 0) is 39.8 Å². The number of piperazine rings is 1. The number of hydrogen-bond donors (Lipinski definition) is 1. The summed E-state index contributed by atoms with van der Waals surface area (Å²) in [6, 6.07) is 8.03. The third kappa shape index (κ3) is 6.63. The number of aromatic nitrogens is 1. The van der Waals surface area contributed by atoms with Crippen molar-refractivity contribution in [2.75, 3.05) is 50.1 Å². The maximum absolute atomic E-state index is 12.4. The fraction of sp³-hybridized carbons (Fsp3) is 0.462. The molecule has 0 atom stereocenters. The second kappa shape index (κ2) is 11.2. The monoisotopic (exact) mass is 468 g/mol. The van der Waals surface area contributed by atoms with E-state index in [2.05, 4.69) is 27.8 Å². The molecule has 0 bridgehead atoms. The van der Waals surface area contributed by atoms with Gasteiger partial charge in [-0.25, -0.2) is 9.78 Å². The van der Waals surface area contributed by atoms with Gasteiger partial charge in [0.05, 0.1) is 12.8 Å². The van der Waals surface area contributed by atoms with Gasteiger partial charge >= 0.3 is 6.09 Å². The highest BCUT2D eigenvalue weighted by molar-refractivity contribution is 5.69. The Hall–Kier alpha value is -3.26. The minimum Gasteiger partial charge on any atom is -0.455 e. The molecule has 184 valence electrons. The Morgan fingerprint density at radius 3 is 2.56 bits per heavy atom. The van der Waals surface area contributed by atoms with E-state index in [0.29, 0.717) is 45.1 Å². The lowest BCUT2D eigenvalue weighted by Crippen LogP contribution is -2.50. The van der Waals surface area contributed by atoms with Crippen LogP contribution in [0.2, 0.25) is 0 Å². The van der Waals surface area contributed by atoms with E-state index in [0.717, 1.165) is 28.4 Å². The van der Waals surface area contributed by atoms with Crippen LogP contribution in [0.3, 0.4) is 0 Å². The van der Waals surface area contributed by atoms with Crippen molar-refractivity contribution in [2.45, 2.75) is 39.9 Å². The highest BCUT2D eigenvalue weighted by Gasteiger charge is 2.26. The standard InChI is InChI=1S/C26H36N4O4/c1-7-19-15-22(17-28-24(19)27-6)33-23-16-21(10-9-20(23)18-32-8-2)29-11-13-30(14-12-29)25(31)34-26(3,4)5/h7,9-10,15-17H,1,8,11-14,18H2,2-6H3,(H,27,28). The Kier molecular flexibility index (Phi) is 8.39. The van der Waals surface area contributed by atoms with E-state index in [1.807, 2.05) is 52.9 Å². The fourth-order valence-corrected chi connectivity index (χ4v) is 3.65. The molecule has 0 aliphatic carbocycles. The lowest BCUT2D eigenvalue weighted by molar-refractivity contribution is 0.0240. The number of pyridine rings is 1. The number of rotatable bonds is 8. The van der Waals surface area contributed by atoms with E-state index in [1.165, 1.54) is 0 Å². The van der Waals surface area contributed by atoms with Gasteiger partial charge in [-0.15, -0.1) is 0 Å². The summed E-state index contributed by atoms with van der Waals surface area (Å²) in [6.07, 6.45) is 3.17. The third-order valence-corrected chi connectivity index (χ3v) is 5.39. The topological polar surface area (TPSA) is 76.2 Å². The second-order valence-electron chi connectivity index (χ2n) is 9.05. The van der Waals surface area contributed by atoms with E-state index in [4.69, 9.17) is 14.2 Å². The minimum absolute atomic E-state index is 0.265. The number of ether oxygens (including phenoxy) is 3. The number of hydrogen-bond acceptors (Lipinski definition) is 7. The smallest absolute Gasteiger partial charge is 0.410 e. The van der Waals surface area contributed by atoms with Crippen LogP contribution in [0.4, 0.5) is 16.3 Å². The van der Waals surface area contributed by atoms with Crippen molar-refractivity contribution in [3.05, 3.63) is 48.2 Å². The predicted octanol–water partition coefficient (Wildman–Crippen LogP) is 5.15. The van der Waals surface area contributed by atoms with E-state index in [-0.39, 0.29) is 6.09 Å². The molecule has 0 unspecified atom stereocenters. The van der Waals surface area contributed by atoms with Crippen LogP contribution < -0.4 is 15.0 Å². The van der Waals surface area contributed by atoms with Gasteiger partial charge in [0.1, 0.15) is 22.9 Å². The maximum atomic E-state index is 12.4. The van der Waals surface area contributed by atoms with Crippen LogP contribution in [0.25, 0.3) is 6.08 Å². The first kappa shape index (κ1) is 25.4. The van der Waals surface area contributed by atoms with Gasteiger partial charge in [0.2, 0.25) is 0 Å². The molecule has 8 nitrogen and oxygen atoms in total. The van der Waals surface area contributed by atoms with Crippen molar-refractivity contribution in [3.63, 3.8) is 0 Å². The fourth-order valence-electron chi connectivity index (χ4n) is 3.65. The van der Waals surface area contributed by atoms with Crippen LogP contribution in [0, 0.1) is 0 Å². The Morgan fingerprint density at radius 1 is 1.21 bits per heavy atom. The van der Waals surface area contributed by atoms with E-state index >= 15 is 0 Å². The van der Waals surface area contributed by atoms with E-state index < -0.39 is 5.60 Å². The molecule has 1 aromatic heterocycles. The predicted molar refractivity (Wildman–Crippen MR) is 136 cm³/mol. The molecule has 0 saturated carbocycles. The molecule has 1 aliphatic heterocycles. The summed E-state index contributed by atoms with van der Waals surface area (Å²) in [5.74, 6) is 2.08. The van der Waals surface area contributed by atoms with Crippen molar-refractivity contribution < 1.29 is 19.0 Å². The molecular weight excluding hydrogens is 432 g/mol. The SMILES string of the molecule is C=Cc1cc(Oc2cc(N3CCN(C(=O)OC(C)(C)C)CC3)ccc2COCC)cnc1NC. The van der Waals surface area contributed by atoms with Gasteiger partial charge < -0.3 is 29.3 Å². The van der Waals surface area contributed by atoms with Gasteiger partial charge in [-0.3, -0.25) is 0 Å². The van der Waals surface area contributed by atoms with Crippen molar-refractivity contribution in [2.24, 2.45) is 0 Å². The average molecular weight is 469 g/mol. The summed E-state index contributed by atoms with van der Waals surface area (Å²) in [5, 5.41) is 3.05. The number of benzene rings is 1. The second-order valence-corrected chi connectivity index (χ2v) is 9.05. The Balaban J connectivity index is 1.77. The number of amides is 1. The zero-order chi connectivity index (χ0) is 24.7. The third-order valence-electron chi connectivity index (χ3n) is 5.39. The van der Waals surface area contributed by atoms with E-state index in [1.54, 1.807) is 17.2 Å². The van der Waals surface area contributed by atoms with Crippen LogP contribution in [-0.4, -0.2) is 61.4 Å². The van der Waals surface area contributed by atoms with Crippen molar-refractivity contribution in [1.29, 1.82) is 0 Å². The Bertz CT molecular complexity index is 995. The summed E-state index contributed by atoms with van der Waals surface area (Å²) < 4.78 is 17.4. The molecule has 1 saturated heterocycles. The van der Waals surface area contributed by atoms with Gasteiger partial charge in [0.15, 0.2) is 0 Å². The molecule has 3 rings (SSSR count). The molecule has 2 aromatic rings. The molecule has 34 heavy (non-hydrogen) atoms. The quantitative estimate of drug-likeness (QED) is 0.574. The first-order chi connectivity index (χ1) is 16.2. The number of carbonyl (C=O) groups excluding carboxylic acids is 1. The highest BCUT2D eigenvalue weighted by Crippen LogP contribution is 2.32. The molecule has 1 aromatic carbocycles. The summed E-state index contributed by atoms with van der Waals surface area (Å²) >= 11 is 0. The Labute approximate surface area is 202 Å². The van der Waals surface area contributed by atoms with Crippen molar-refractivity contribution in [1.82, 2.24) is 9.88 Å². The first-order valence-electron chi connectivity index (χ1n) is 11.7. The van der Waals surface area contributed by atoms with Crippen LogP contribution in [-0.2, 0) is 16.1 Å². The summed E-state index contributed by atoms with van der Waals surface area (Å²) in [6.45, 7) is 15.2. The molecule has 0 radical (unpaired) electrons. The Morgan fingerprint density at radius 2 is 1.94 bits per heavy atom. The van der Waals surface area contributed by atoms with Crippen molar-refractivity contribution >= 4 is 23.7 Å². The summed E-state index contributed by atoms with van der Waals surface area (Å²) in [7, 11) is 1.82. The van der Waals surface area contributed by atoms with Gasteiger partial charge in [0, 0.05) is 62.7 Å². The number of carbonyl (C=O) groups is 1. The number of anilines is 2. The zero-order valence-corrected chi connectivity index (χ0v) is 20.9. The lowest BCUT2D eigenvalue weighted by Gasteiger charge is -2.37. The van der Waals surface area contributed by atoms with Gasteiger partial charge in [0.25, 0.3) is 0 Å². The molecular formula is C26H36N4O4. The normalized spacial score (nSPS) is 14.0.